The maximum Gasteiger partial charge on any atom is 0.265 e. The number of anilines is 2. The molecule has 1 aliphatic heterocycles. The summed E-state index contributed by atoms with van der Waals surface area (Å²) in [5.41, 5.74) is 3.83. The molecule has 146 valence electrons. The normalized spacial score (nSPS) is 13.7. The molecule has 0 atom stereocenters. The van der Waals surface area contributed by atoms with Gasteiger partial charge in [0.1, 0.15) is 0 Å². The van der Waals surface area contributed by atoms with Crippen molar-refractivity contribution in [2.45, 2.75) is 6.42 Å². The van der Waals surface area contributed by atoms with Gasteiger partial charge in [-0.2, -0.15) is 5.26 Å². The second kappa shape index (κ2) is 8.91. The van der Waals surface area contributed by atoms with Gasteiger partial charge in [0.2, 0.25) is 0 Å². The molecule has 1 aliphatic rings. The second-order valence-corrected chi connectivity index (χ2v) is 7.81. The molecule has 1 aromatic heterocycles. The average Bonchev–Trinajstić information content (AvgIpc) is 3.22. The molecule has 0 spiro atoms. The molecule has 4 rings (SSSR count). The largest absolute Gasteiger partial charge is 0.378 e. The molecule has 2 aromatic carbocycles. The number of ether oxygens (including phenoxy) is 1. The molecule has 0 aliphatic carbocycles. The first kappa shape index (κ1) is 19.2. The number of hydrogen-bond donors (Lipinski definition) is 1. The fourth-order valence-electron chi connectivity index (χ4n) is 3.31. The Morgan fingerprint density at radius 2 is 1.83 bits per heavy atom. The average molecular weight is 404 g/mol. The molecule has 0 radical (unpaired) electrons. The van der Waals surface area contributed by atoms with Crippen LogP contribution >= 0.6 is 11.3 Å². The number of nitrogens with one attached hydrogen (secondary N) is 1. The Bertz CT molecular complexity index is 1020. The van der Waals surface area contributed by atoms with Crippen molar-refractivity contribution >= 4 is 27.9 Å². The molecule has 0 bridgehead atoms. The van der Waals surface area contributed by atoms with Crippen LogP contribution in [0.3, 0.4) is 0 Å². The Hall–Kier alpha value is -3.14. The predicted octanol–water partition coefficient (Wildman–Crippen LogP) is 4.57. The highest BCUT2D eigenvalue weighted by Crippen LogP contribution is 2.39. The van der Waals surface area contributed by atoms with E-state index in [9.17, 15) is 4.79 Å². The molecule has 1 N–H and O–H groups in total. The van der Waals surface area contributed by atoms with Crippen LogP contribution in [0.5, 0.6) is 0 Å². The van der Waals surface area contributed by atoms with Crippen molar-refractivity contribution < 1.29 is 9.53 Å². The Morgan fingerprint density at radius 1 is 1.10 bits per heavy atom. The zero-order valence-corrected chi connectivity index (χ0v) is 16.7. The van der Waals surface area contributed by atoms with E-state index in [-0.39, 0.29) is 5.91 Å². The first-order valence-electron chi connectivity index (χ1n) is 9.54. The van der Waals surface area contributed by atoms with Gasteiger partial charge in [0.25, 0.3) is 5.91 Å². The number of rotatable bonds is 5. The van der Waals surface area contributed by atoms with Crippen molar-refractivity contribution in [3.8, 4) is 17.2 Å². The molecular formula is C23H21N3O2S. The van der Waals surface area contributed by atoms with Crippen molar-refractivity contribution in [1.29, 1.82) is 5.26 Å². The van der Waals surface area contributed by atoms with Gasteiger partial charge in [-0.3, -0.25) is 4.79 Å². The number of benzene rings is 2. The van der Waals surface area contributed by atoms with Gasteiger partial charge in [0.15, 0.2) is 0 Å². The molecule has 6 heteroatoms. The van der Waals surface area contributed by atoms with Crippen LogP contribution in [-0.2, 0) is 11.2 Å². The van der Waals surface area contributed by atoms with Gasteiger partial charge >= 0.3 is 0 Å². The number of amides is 1. The highest BCUT2D eigenvalue weighted by Gasteiger charge is 2.22. The van der Waals surface area contributed by atoms with Crippen LogP contribution in [0.4, 0.5) is 10.7 Å². The monoisotopic (exact) mass is 403 g/mol. The third-order valence-electron chi connectivity index (χ3n) is 4.81. The summed E-state index contributed by atoms with van der Waals surface area (Å²) in [5, 5.41) is 12.9. The first-order valence-corrected chi connectivity index (χ1v) is 10.4. The van der Waals surface area contributed by atoms with E-state index in [1.54, 1.807) is 0 Å². The van der Waals surface area contributed by atoms with Gasteiger partial charge in [0.05, 0.1) is 35.6 Å². The maximum atomic E-state index is 12.9. The lowest BCUT2D eigenvalue weighted by atomic mass is 10.1. The van der Waals surface area contributed by atoms with Gasteiger partial charge in [0, 0.05) is 24.3 Å². The smallest absolute Gasteiger partial charge is 0.265 e. The molecule has 2 heterocycles. The minimum absolute atomic E-state index is 0.125. The number of carbonyl (C=O) groups excluding carboxylic acids is 1. The van der Waals surface area contributed by atoms with Crippen LogP contribution < -0.4 is 10.2 Å². The number of carbonyl (C=O) groups is 1. The summed E-state index contributed by atoms with van der Waals surface area (Å²) in [6.07, 6.45) is 0.364. The minimum atomic E-state index is -0.125. The van der Waals surface area contributed by atoms with E-state index in [0.717, 1.165) is 40.5 Å². The third kappa shape index (κ3) is 4.48. The van der Waals surface area contributed by atoms with Gasteiger partial charge < -0.3 is 15.0 Å². The SMILES string of the molecule is N#CCc1ccc(NC(=O)c2cc(-c3ccccc3)c(N3CCOCC3)s2)cc1. The van der Waals surface area contributed by atoms with Gasteiger partial charge in [-0.1, -0.05) is 42.5 Å². The molecule has 1 saturated heterocycles. The van der Waals surface area contributed by atoms with Crippen LogP contribution in [0.25, 0.3) is 11.1 Å². The summed E-state index contributed by atoms with van der Waals surface area (Å²) in [6, 6.07) is 21.7. The van der Waals surface area contributed by atoms with E-state index in [4.69, 9.17) is 10.00 Å². The number of nitrogens with zero attached hydrogens (tertiary/aromatic N) is 2. The Kier molecular flexibility index (Phi) is 5.89. The molecule has 1 fully saturated rings. The zero-order valence-electron chi connectivity index (χ0n) is 15.9. The standard InChI is InChI=1S/C23H21N3O2S/c24-11-10-17-6-8-19(9-7-17)25-22(27)21-16-20(18-4-2-1-3-5-18)23(29-21)26-12-14-28-15-13-26/h1-9,16H,10,12-15H2,(H,25,27). The lowest BCUT2D eigenvalue weighted by molar-refractivity contribution is 0.103. The van der Waals surface area contributed by atoms with E-state index in [2.05, 4.69) is 28.4 Å². The molecule has 0 saturated carbocycles. The first-order chi connectivity index (χ1) is 14.2. The summed E-state index contributed by atoms with van der Waals surface area (Å²) < 4.78 is 5.49. The summed E-state index contributed by atoms with van der Waals surface area (Å²) in [6.45, 7) is 3.04. The molecule has 1 amide bonds. The predicted molar refractivity (Wildman–Crippen MR) is 116 cm³/mol. The fourth-order valence-corrected chi connectivity index (χ4v) is 4.44. The van der Waals surface area contributed by atoms with E-state index >= 15 is 0 Å². The highest BCUT2D eigenvalue weighted by molar-refractivity contribution is 7.18. The van der Waals surface area contributed by atoms with Gasteiger partial charge in [-0.15, -0.1) is 11.3 Å². The van der Waals surface area contributed by atoms with Crippen LogP contribution in [0.15, 0.2) is 60.7 Å². The van der Waals surface area contributed by atoms with E-state index in [1.807, 2.05) is 48.5 Å². The summed E-state index contributed by atoms with van der Waals surface area (Å²) in [5.74, 6) is -0.125. The summed E-state index contributed by atoms with van der Waals surface area (Å²) in [7, 11) is 0. The molecule has 5 nitrogen and oxygen atoms in total. The third-order valence-corrected chi connectivity index (χ3v) is 6.01. The topological polar surface area (TPSA) is 65.4 Å². The van der Waals surface area contributed by atoms with Crippen molar-refractivity contribution in [2.24, 2.45) is 0 Å². The van der Waals surface area contributed by atoms with Crippen LogP contribution in [0.2, 0.25) is 0 Å². The van der Waals surface area contributed by atoms with Crippen LogP contribution in [-0.4, -0.2) is 32.2 Å². The molecule has 3 aromatic rings. The number of nitriles is 1. The molecule has 0 unspecified atom stereocenters. The van der Waals surface area contributed by atoms with Crippen molar-refractivity contribution in [3.05, 3.63) is 71.1 Å². The van der Waals surface area contributed by atoms with Crippen LogP contribution in [0.1, 0.15) is 15.2 Å². The van der Waals surface area contributed by atoms with E-state index in [0.29, 0.717) is 24.5 Å². The Labute approximate surface area is 174 Å². The fraction of sp³-hybridized carbons (Fsp3) is 0.217. The quantitative estimate of drug-likeness (QED) is 0.678. The Balaban J connectivity index is 1.60. The van der Waals surface area contributed by atoms with Crippen molar-refractivity contribution in [3.63, 3.8) is 0 Å². The zero-order chi connectivity index (χ0) is 20.1. The van der Waals surface area contributed by atoms with E-state index in [1.165, 1.54) is 11.3 Å². The number of hydrogen-bond acceptors (Lipinski definition) is 5. The summed E-state index contributed by atoms with van der Waals surface area (Å²) in [4.78, 5) is 15.9. The summed E-state index contributed by atoms with van der Waals surface area (Å²) >= 11 is 1.51. The maximum absolute atomic E-state index is 12.9. The van der Waals surface area contributed by atoms with Crippen LogP contribution in [0, 0.1) is 11.3 Å². The lowest BCUT2D eigenvalue weighted by Gasteiger charge is -2.28. The molecular weight excluding hydrogens is 382 g/mol. The van der Waals surface area contributed by atoms with Gasteiger partial charge in [-0.05, 0) is 29.3 Å². The number of morpholine rings is 1. The second-order valence-electron chi connectivity index (χ2n) is 6.78. The minimum Gasteiger partial charge on any atom is -0.378 e. The lowest BCUT2D eigenvalue weighted by Crippen LogP contribution is -2.35. The highest BCUT2D eigenvalue weighted by atomic mass is 32.1. The Morgan fingerprint density at radius 3 is 2.52 bits per heavy atom. The number of thiophene rings is 1. The van der Waals surface area contributed by atoms with Crippen molar-refractivity contribution in [2.75, 3.05) is 36.5 Å². The van der Waals surface area contributed by atoms with Gasteiger partial charge in [-0.25, -0.2) is 0 Å². The molecule has 29 heavy (non-hydrogen) atoms. The van der Waals surface area contributed by atoms with E-state index < -0.39 is 0 Å². The van der Waals surface area contributed by atoms with Crippen molar-refractivity contribution in [1.82, 2.24) is 0 Å².